The van der Waals surface area contributed by atoms with E-state index in [9.17, 15) is 9.90 Å². The summed E-state index contributed by atoms with van der Waals surface area (Å²) in [5.74, 6) is 0.362. The molecule has 5 heteroatoms. The maximum atomic E-state index is 11.5. The third-order valence-electron chi connectivity index (χ3n) is 2.40. The summed E-state index contributed by atoms with van der Waals surface area (Å²) in [6.45, 7) is 5.88. The molecule has 0 amide bonds. The zero-order valence-electron chi connectivity index (χ0n) is 10.1. The predicted octanol–water partition coefficient (Wildman–Crippen LogP) is 0.659. The summed E-state index contributed by atoms with van der Waals surface area (Å²) in [4.78, 5) is 11.5. The molecule has 1 N–H and O–H groups in total. The minimum absolute atomic E-state index is 0.166. The first-order chi connectivity index (χ1) is 7.34. The molecular formula is C11H18N2O3. The molecule has 5 nitrogen and oxygen atoms in total. The van der Waals surface area contributed by atoms with Gasteiger partial charge in [-0.25, -0.2) is 4.68 Å². The number of hydrogen-bond donors (Lipinski definition) is 1. The van der Waals surface area contributed by atoms with E-state index in [1.165, 1.54) is 23.9 Å². The molecule has 1 unspecified atom stereocenters. The van der Waals surface area contributed by atoms with Gasteiger partial charge in [0.1, 0.15) is 0 Å². The van der Waals surface area contributed by atoms with Crippen molar-refractivity contribution >= 4 is 0 Å². The molecule has 0 radical (unpaired) electrons. The van der Waals surface area contributed by atoms with Crippen molar-refractivity contribution in [3.8, 4) is 5.88 Å². The maximum absolute atomic E-state index is 11.5. The molecule has 0 aliphatic heterocycles. The van der Waals surface area contributed by atoms with Gasteiger partial charge in [-0.05, 0) is 5.41 Å². The smallest absolute Gasteiger partial charge is 0.267 e. The molecule has 0 spiro atoms. The van der Waals surface area contributed by atoms with Crippen molar-refractivity contribution in [1.29, 1.82) is 0 Å². The minimum atomic E-state index is -0.634. The van der Waals surface area contributed by atoms with E-state index >= 15 is 0 Å². The molecule has 1 heterocycles. The fourth-order valence-corrected chi connectivity index (χ4v) is 1.11. The van der Waals surface area contributed by atoms with E-state index in [0.29, 0.717) is 5.88 Å². The number of ether oxygens (including phenoxy) is 1. The van der Waals surface area contributed by atoms with E-state index in [2.05, 4.69) is 5.10 Å². The molecule has 0 fully saturated rings. The van der Waals surface area contributed by atoms with Gasteiger partial charge < -0.3 is 9.84 Å². The van der Waals surface area contributed by atoms with Gasteiger partial charge in [0.25, 0.3) is 5.56 Å². The molecule has 0 aromatic carbocycles. The fourth-order valence-electron chi connectivity index (χ4n) is 1.11. The maximum Gasteiger partial charge on any atom is 0.267 e. The van der Waals surface area contributed by atoms with Crippen LogP contribution in [-0.2, 0) is 6.54 Å². The second-order valence-corrected chi connectivity index (χ2v) is 4.78. The largest absolute Gasteiger partial charge is 0.480 e. The first-order valence-electron chi connectivity index (χ1n) is 5.15. The molecule has 1 aromatic rings. The molecule has 0 aliphatic rings. The van der Waals surface area contributed by atoms with Crippen LogP contribution in [0.2, 0.25) is 0 Å². The number of hydrogen-bond acceptors (Lipinski definition) is 4. The highest BCUT2D eigenvalue weighted by atomic mass is 16.5. The summed E-state index contributed by atoms with van der Waals surface area (Å²) in [7, 11) is 1.48. The van der Waals surface area contributed by atoms with Crippen LogP contribution in [0.1, 0.15) is 20.8 Å². The van der Waals surface area contributed by atoms with Gasteiger partial charge >= 0.3 is 0 Å². The lowest BCUT2D eigenvalue weighted by Crippen LogP contribution is -2.35. The monoisotopic (exact) mass is 226 g/mol. The molecule has 0 saturated heterocycles. The van der Waals surface area contributed by atoms with Crippen LogP contribution in [0.3, 0.4) is 0 Å². The van der Waals surface area contributed by atoms with E-state index in [1.807, 2.05) is 20.8 Å². The van der Waals surface area contributed by atoms with Crippen LogP contribution in [0, 0.1) is 5.41 Å². The molecule has 90 valence electrons. The highest BCUT2D eigenvalue weighted by Crippen LogP contribution is 2.19. The normalized spacial score (nSPS) is 13.6. The molecule has 16 heavy (non-hydrogen) atoms. The zero-order valence-corrected chi connectivity index (χ0v) is 10.1. The van der Waals surface area contributed by atoms with Crippen molar-refractivity contribution in [1.82, 2.24) is 9.78 Å². The average Bonchev–Trinajstić information content (AvgIpc) is 2.19. The second kappa shape index (κ2) is 4.65. The van der Waals surface area contributed by atoms with Gasteiger partial charge in [-0.3, -0.25) is 4.79 Å². The topological polar surface area (TPSA) is 64.3 Å². The van der Waals surface area contributed by atoms with Gasteiger partial charge in [-0.15, -0.1) is 5.10 Å². The number of rotatable bonds is 3. The summed E-state index contributed by atoms with van der Waals surface area (Å²) in [5, 5.41) is 13.9. The fraction of sp³-hybridized carbons (Fsp3) is 0.636. The Morgan fingerprint density at radius 2 is 2.12 bits per heavy atom. The summed E-state index contributed by atoms with van der Waals surface area (Å²) < 4.78 is 6.14. The van der Waals surface area contributed by atoms with Gasteiger partial charge in [0.15, 0.2) is 0 Å². The van der Waals surface area contributed by atoms with Gasteiger partial charge in [-0.2, -0.15) is 0 Å². The van der Waals surface area contributed by atoms with Gasteiger partial charge in [-0.1, -0.05) is 20.8 Å². The van der Waals surface area contributed by atoms with E-state index in [-0.39, 0.29) is 17.5 Å². The quantitative estimate of drug-likeness (QED) is 0.822. The molecule has 1 atom stereocenters. The van der Waals surface area contributed by atoms with Crippen molar-refractivity contribution in [3.63, 3.8) is 0 Å². The Labute approximate surface area is 94.7 Å². The Balaban J connectivity index is 2.92. The van der Waals surface area contributed by atoms with Crippen LogP contribution >= 0.6 is 0 Å². The van der Waals surface area contributed by atoms with Crippen molar-refractivity contribution in [2.75, 3.05) is 7.11 Å². The van der Waals surface area contributed by atoms with Crippen molar-refractivity contribution in [2.24, 2.45) is 5.41 Å². The van der Waals surface area contributed by atoms with Crippen LogP contribution in [-0.4, -0.2) is 28.1 Å². The molecule has 0 aliphatic carbocycles. The van der Waals surface area contributed by atoms with E-state index < -0.39 is 6.10 Å². The second-order valence-electron chi connectivity index (χ2n) is 4.78. The zero-order chi connectivity index (χ0) is 12.3. The Kier molecular flexibility index (Phi) is 3.70. The Bertz CT molecular complexity index is 406. The SMILES string of the molecule is COc1ccc(=O)n(CC(O)C(C)(C)C)n1. The summed E-state index contributed by atoms with van der Waals surface area (Å²) >= 11 is 0. The number of aliphatic hydroxyl groups is 1. The Hall–Kier alpha value is -1.36. The summed E-state index contributed by atoms with van der Waals surface area (Å²) in [6.07, 6.45) is -0.634. The van der Waals surface area contributed by atoms with Crippen molar-refractivity contribution in [2.45, 2.75) is 33.4 Å². The molecular weight excluding hydrogens is 208 g/mol. The van der Waals surface area contributed by atoms with Crippen LogP contribution < -0.4 is 10.3 Å². The number of aromatic nitrogens is 2. The molecule has 1 aromatic heterocycles. The lowest BCUT2D eigenvalue weighted by atomic mass is 9.89. The number of nitrogens with zero attached hydrogens (tertiary/aromatic N) is 2. The lowest BCUT2D eigenvalue weighted by molar-refractivity contribution is 0.0433. The lowest BCUT2D eigenvalue weighted by Gasteiger charge is -2.25. The Morgan fingerprint density at radius 1 is 1.50 bits per heavy atom. The van der Waals surface area contributed by atoms with Crippen LogP contribution in [0.4, 0.5) is 0 Å². The first kappa shape index (κ1) is 12.7. The van der Waals surface area contributed by atoms with Gasteiger partial charge in [0.05, 0.1) is 19.8 Å². The molecule has 1 rings (SSSR count). The number of aliphatic hydroxyl groups excluding tert-OH is 1. The Morgan fingerprint density at radius 3 is 2.62 bits per heavy atom. The van der Waals surface area contributed by atoms with Crippen molar-refractivity contribution in [3.05, 3.63) is 22.5 Å². The highest BCUT2D eigenvalue weighted by Gasteiger charge is 2.23. The van der Waals surface area contributed by atoms with Crippen LogP contribution in [0.15, 0.2) is 16.9 Å². The highest BCUT2D eigenvalue weighted by molar-refractivity contribution is 5.06. The van der Waals surface area contributed by atoms with E-state index in [4.69, 9.17) is 4.74 Å². The third kappa shape index (κ3) is 3.06. The molecule has 0 saturated carbocycles. The van der Waals surface area contributed by atoms with Crippen LogP contribution in [0.5, 0.6) is 5.88 Å². The molecule has 0 bridgehead atoms. The number of methoxy groups -OCH3 is 1. The van der Waals surface area contributed by atoms with Crippen LogP contribution in [0.25, 0.3) is 0 Å². The minimum Gasteiger partial charge on any atom is -0.480 e. The van der Waals surface area contributed by atoms with E-state index in [0.717, 1.165) is 0 Å². The first-order valence-corrected chi connectivity index (χ1v) is 5.15. The van der Waals surface area contributed by atoms with Crippen molar-refractivity contribution < 1.29 is 9.84 Å². The third-order valence-corrected chi connectivity index (χ3v) is 2.40. The average molecular weight is 226 g/mol. The van der Waals surface area contributed by atoms with Gasteiger partial charge in [0.2, 0.25) is 5.88 Å². The predicted molar refractivity (Wildman–Crippen MR) is 60.5 cm³/mol. The summed E-state index contributed by atoms with van der Waals surface area (Å²) in [5.41, 5.74) is -0.534. The standard InChI is InChI=1S/C11H18N2O3/c1-11(2,3)8(14)7-13-10(15)6-5-9(12-13)16-4/h5-6,8,14H,7H2,1-4H3. The van der Waals surface area contributed by atoms with Gasteiger partial charge in [0, 0.05) is 12.1 Å². The summed E-state index contributed by atoms with van der Waals surface area (Å²) in [6, 6.07) is 2.88. The van der Waals surface area contributed by atoms with E-state index in [1.54, 1.807) is 0 Å².